The van der Waals surface area contributed by atoms with Crippen LogP contribution in [0.25, 0.3) is 0 Å². The number of hydrogen-bond donors (Lipinski definition) is 1. The Morgan fingerprint density at radius 3 is 2.63 bits per heavy atom. The standard InChI is InChI=1S/C13H16BrFN2O2/c1-8(12(18)16-2)7-17(3)13(19)10-5-4-9(15)6-11(10)14/h4-6,8H,7H2,1-3H3,(H,16,18). The summed E-state index contributed by atoms with van der Waals surface area (Å²) in [6, 6.07) is 3.89. The van der Waals surface area contributed by atoms with Gasteiger partial charge in [-0.1, -0.05) is 6.92 Å². The Bertz CT molecular complexity index is 494. The summed E-state index contributed by atoms with van der Waals surface area (Å²) in [6.07, 6.45) is 0. The second kappa shape index (κ2) is 6.65. The zero-order valence-corrected chi connectivity index (χ0v) is 12.6. The van der Waals surface area contributed by atoms with Gasteiger partial charge in [0.2, 0.25) is 5.91 Å². The van der Waals surface area contributed by atoms with E-state index >= 15 is 0 Å². The molecule has 1 aromatic carbocycles. The fraction of sp³-hybridized carbons (Fsp3) is 0.385. The molecule has 0 bridgehead atoms. The van der Waals surface area contributed by atoms with E-state index in [1.54, 1.807) is 21.0 Å². The molecule has 0 fully saturated rings. The summed E-state index contributed by atoms with van der Waals surface area (Å²) in [4.78, 5) is 25.0. The maximum atomic E-state index is 13.0. The van der Waals surface area contributed by atoms with Crippen LogP contribution in [0, 0.1) is 11.7 Å². The molecule has 0 aromatic heterocycles. The van der Waals surface area contributed by atoms with E-state index in [1.807, 2.05) is 0 Å². The van der Waals surface area contributed by atoms with Crippen LogP contribution in [0.5, 0.6) is 0 Å². The molecule has 0 heterocycles. The summed E-state index contributed by atoms with van der Waals surface area (Å²) in [5.41, 5.74) is 0.369. The number of benzene rings is 1. The van der Waals surface area contributed by atoms with Crippen molar-refractivity contribution >= 4 is 27.7 Å². The van der Waals surface area contributed by atoms with Gasteiger partial charge in [-0.2, -0.15) is 0 Å². The number of nitrogens with zero attached hydrogens (tertiary/aromatic N) is 1. The van der Waals surface area contributed by atoms with Crippen LogP contribution < -0.4 is 5.32 Å². The Morgan fingerprint density at radius 2 is 2.11 bits per heavy atom. The van der Waals surface area contributed by atoms with Crippen molar-refractivity contribution in [2.75, 3.05) is 20.6 Å². The lowest BCUT2D eigenvalue weighted by Crippen LogP contribution is -2.37. The minimum absolute atomic E-state index is 0.127. The number of nitrogens with one attached hydrogen (secondary N) is 1. The van der Waals surface area contributed by atoms with Crippen LogP contribution in [0.4, 0.5) is 4.39 Å². The third-order valence-electron chi connectivity index (χ3n) is 2.75. The van der Waals surface area contributed by atoms with Gasteiger partial charge >= 0.3 is 0 Å². The minimum Gasteiger partial charge on any atom is -0.359 e. The topological polar surface area (TPSA) is 49.4 Å². The van der Waals surface area contributed by atoms with Gasteiger partial charge in [0.1, 0.15) is 5.82 Å². The molecule has 6 heteroatoms. The lowest BCUT2D eigenvalue weighted by atomic mass is 10.1. The van der Waals surface area contributed by atoms with Crippen LogP contribution in [0.15, 0.2) is 22.7 Å². The van der Waals surface area contributed by atoms with Gasteiger partial charge in [-0.3, -0.25) is 9.59 Å². The van der Waals surface area contributed by atoms with E-state index in [0.29, 0.717) is 16.6 Å². The quantitative estimate of drug-likeness (QED) is 0.918. The second-order valence-corrected chi connectivity index (χ2v) is 5.18. The highest BCUT2D eigenvalue weighted by Crippen LogP contribution is 2.19. The Balaban J connectivity index is 2.79. The zero-order valence-electron chi connectivity index (χ0n) is 11.0. The van der Waals surface area contributed by atoms with Gasteiger partial charge in [0.15, 0.2) is 0 Å². The Hall–Kier alpha value is -1.43. The predicted octanol–water partition coefficient (Wildman–Crippen LogP) is 2.04. The fourth-order valence-electron chi connectivity index (χ4n) is 1.69. The van der Waals surface area contributed by atoms with Crippen molar-refractivity contribution in [2.45, 2.75) is 6.92 Å². The molecule has 0 radical (unpaired) electrons. The van der Waals surface area contributed by atoms with Crippen molar-refractivity contribution < 1.29 is 14.0 Å². The third-order valence-corrected chi connectivity index (χ3v) is 3.41. The maximum Gasteiger partial charge on any atom is 0.254 e. The average Bonchev–Trinajstić information content (AvgIpc) is 2.36. The van der Waals surface area contributed by atoms with Crippen molar-refractivity contribution in [1.29, 1.82) is 0 Å². The van der Waals surface area contributed by atoms with E-state index < -0.39 is 5.82 Å². The smallest absolute Gasteiger partial charge is 0.254 e. The molecule has 1 aromatic rings. The van der Waals surface area contributed by atoms with E-state index in [2.05, 4.69) is 21.2 Å². The SMILES string of the molecule is CNC(=O)C(C)CN(C)C(=O)c1ccc(F)cc1Br. The molecule has 0 aliphatic carbocycles. The molecule has 19 heavy (non-hydrogen) atoms. The van der Waals surface area contributed by atoms with E-state index in [1.165, 1.54) is 23.1 Å². The first-order valence-electron chi connectivity index (χ1n) is 5.79. The van der Waals surface area contributed by atoms with Gasteiger partial charge in [-0.05, 0) is 34.1 Å². The molecule has 4 nitrogen and oxygen atoms in total. The van der Waals surface area contributed by atoms with Gasteiger partial charge in [0.05, 0.1) is 11.5 Å². The van der Waals surface area contributed by atoms with Gasteiger partial charge in [-0.25, -0.2) is 4.39 Å². The highest BCUT2D eigenvalue weighted by molar-refractivity contribution is 9.10. The molecule has 0 saturated carbocycles. The molecule has 1 unspecified atom stereocenters. The van der Waals surface area contributed by atoms with E-state index in [-0.39, 0.29) is 17.7 Å². The predicted molar refractivity (Wildman–Crippen MR) is 74.3 cm³/mol. The number of halogens is 2. The van der Waals surface area contributed by atoms with Gasteiger partial charge in [0.25, 0.3) is 5.91 Å². The fourth-order valence-corrected chi connectivity index (χ4v) is 2.21. The molecule has 0 spiro atoms. The monoisotopic (exact) mass is 330 g/mol. The maximum absolute atomic E-state index is 13.0. The summed E-state index contributed by atoms with van der Waals surface area (Å²) in [5, 5.41) is 2.53. The van der Waals surface area contributed by atoms with E-state index in [0.717, 1.165) is 0 Å². The van der Waals surface area contributed by atoms with Crippen LogP contribution >= 0.6 is 15.9 Å². The molecular weight excluding hydrogens is 315 g/mol. The molecule has 0 saturated heterocycles. The summed E-state index contributed by atoms with van der Waals surface area (Å²) in [7, 11) is 3.16. The first-order chi connectivity index (χ1) is 8.86. The Kier molecular flexibility index (Phi) is 5.47. The molecular formula is C13H16BrFN2O2. The molecule has 104 valence electrons. The van der Waals surface area contributed by atoms with Crippen molar-refractivity contribution in [2.24, 2.45) is 5.92 Å². The van der Waals surface area contributed by atoms with Crippen LogP contribution in [0.1, 0.15) is 17.3 Å². The van der Waals surface area contributed by atoms with Crippen LogP contribution in [-0.4, -0.2) is 37.4 Å². The van der Waals surface area contributed by atoms with Crippen molar-refractivity contribution in [1.82, 2.24) is 10.2 Å². The van der Waals surface area contributed by atoms with E-state index in [9.17, 15) is 14.0 Å². The number of rotatable bonds is 4. The molecule has 1 rings (SSSR count). The highest BCUT2D eigenvalue weighted by atomic mass is 79.9. The number of carbonyl (C=O) groups is 2. The van der Waals surface area contributed by atoms with Crippen molar-refractivity contribution in [3.8, 4) is 0 Å². The Morgan fingerprint density at radius 1 is 1.47 bits per heavy atom. The summed E-state index contributed by atoms with van der Waals surface area (Å²) < 4.78 is 13.4. The third kappa shape index (κ3) is 4.02. The molecule has 0 aliphatic heterocycles. The van der Waals surface area contributed by atoms with Gasteiger partial charge in [-0.15, -0.1) is 0 Å². The van der Waals surface area contributed by atoms with Crippen LogP contribution in [0.2, 0.25) is 0 Å². The van der Waals surface area contributed by atoms with Crippen molar-refractivity contribution in [3.05, 3.63) is 34.1 Å². The van der Waals surface area contributed by atoms with Crippen LogP contribution in [-0.2, 0) is 4.79 Å². The zero-order chi connectivity index (χ0) is 14.6. The lowest BCUT2D eigenvalue weighted by Gasteiger charge is -2.21. The first kappa shape index (κ1) is 15.6. The number of carbonyl (C=O) groups excluding carboxylic acids is 2. The largest absolute Gasteiger partial charge is 0.359 e. The minimum atomic E-state index is -0.412. The van der Waals surface area contributed by atoms with Crippen molar-refractivity contribution in [3.63, 3.8) is 0 Å². The molecule has 2 amide bonds. The summed E-state index contributed by atoms with van der Waals surface area (Å²) in [6.45, 7) is 2.03. The summed E-state index contributed by atoms with van der Waals surface area (Å²) >= 11 is 3.16. The lowest BCUT2D eigenvalue weighted by molar-refractivity contribution is -0.124. The van der Waals surface area contributed by atoms with Crippen LogP contribution in [0.3, 0.4) is 0 Å². The molecule has 1 atom stereocenters. The van der Waals surface area contributed by atoms with Gasteiger partial charge in [0, 0.05) is 25.1 Å². The first-order valence-corrected chi connectivity index (χ1v) is 6.58. The van der Waals surface area contributed by atoms with Gasteiger partial charge < -0.3 is 10.2 Å². The normalized spacial score (nSPS) is 11.8. The summed E-state index contributed by atoms with van der Waals surface area (Å²) in [5.74, 6) is -1.11. The van der Waals surface area contributed by atoms with E-state index in [4.69, 9.17) is 0 Å². The molecule has 1 N–H and O–H groups in total. The average molecular weight is 331 g/mol. The number of hydrogen-bond acceptors (Lipinski definition) is 2. The Labute approximate surface area is 120 Å². The highest BCUT2D eigenvalue weighted by Gasteiger charge is 2.20. The second-order valence-electron chi connectivity index (χ2n) is 4.33. The number of amides is 2. The molecule has 0 aliphatic rings.